The first kappa shape index (κ1) is 19.4. The number of rotatable bonds is 8. The summed E-state index contributed by atoms with van der Waals surface area (Å²) < 4.78 is 16.0. The van der Waals surface area contributed by atoms with E-state index in [2.05, 4.69) is 15.6 Å². The van der Waals surface area contributed by atoms with Crippen LogP contribution >= 0.6 is 0 Å². The molecular formula is C21H23N3O4. The molecule has 7 nitrogen and oxygen atoms in total. The minimum Gasteiger partial charge on any atom is -0.494 e. The monoisotopic (exact) mass is 381 g/mol. The molecule has 0 saturated carbocycles. The van der Waals surface area contributed by atoms with Gasteiger partial charge in [0.2, 0.25) is 5.82 Å². The maximum atomic E-state index is 12.6. The zero-order valence-electron chi connectivity index (χ0n) is 16.1. The van der Waals surface area contributed by atoms with Gasteiger partial charge in [-0.3, -0.25) is 4.79 Å². The van der Waals surface area contributed by atoms with Crippen molar-refractivity contribution in [3.05, 3.63) is 54.1 Å². The molecule has 3 aromatic rings. The van der Waals surface area contributed by atoms with Crippen LogP contribution in [0.1, 0.15) is 37.6 Å². The molecule has 2 aromatic carbocycles. The minimum absolute atomic E-state index is 0.0893. The Morgan fingerprint density at radius 2 is 1.89 bits per heavy atom. The molecule has 0 aliphatic rings. The Labute approximate surface area is 163 Å². The molecule has 0 saturated heterocycles. The number of ether oxygens (including phenoxy) is 2. The molecule has 0 unspecified atom stereocenters. The number of hydrogen-bond donors (Lipinski definition) is 1. The predicted octanol–water partition coefficient (Wildman–Crippen LogP) is 4.56. The minimum atomic E-state index is -0.321. The maximum Gasteiger partial charge on any atom is 0.257 e. The van der Waals surface area contributed by atoms with Gasteiger partial charge >= 0.3 is 0 Å². The Bertz CT molecular complexity index is 919. The number of nitrogens with one attached hydrogen (secondary N) is 1. The molecule has 0 aliphatic carbocycles. The normalized spacial score (nSPS) is 10.7. The van der Waals surface area contributed by atoms with Crippen molar-refractivity contribution in [2.24, 2.45) is 0 Å². The van der Waals surface area contributed by atoms with E-state index in [0.717, 1.165) is 17.7 Å². The Morgan fingerprint density at radius 3 is 2.61 bits per heavy atom. The number of aromatic nitrogens is 2. The summed E-state index contributed by atoms with van der Waals surface area (Å²) in [5, 5.41) is 10.5. The molecule has 0 fully saturated rings. The summed E-state index contributed by atoms with van der Waals surface area (Å²) in [7, 11) is 0. The lowest BCUT2D eigenvalue weighted by molar-refractivity contribution is 0.102. The van der Waals surface area contributed by atoms with E-state index in [-0.39, 0.29) is 17.8 Å². The fourth-order valence-corrected chi connectivity index (χ4v) is 2.55. The molecule has 1 N–H and O–H groups in total. The number of nitrogens with zero attached hydrogens (tertiary/aromatic N) is 2. The van der Waals surface area contributed by atoms with E-state index in [1.165, 1.54) is 0 Å². The molecule has 0 atom stereocenters. The highest BCUT2D eigenvalue weighted by molar-refractivity contribution is 6.05. The van der Waals surface area contributed by atoms with E-state index in [9.17, 15) is 4.79 Å². The van der Waals surface area contributed by atoms with E-state index in [1.807, 2.05) is 51.1 Å². The number of anilines is 1. The second-order valence-electron chi connectivity index (χ2n) is 6.48. The van der Waals surface area contributed by atoms with Crippen molar-refractivity contribution in [3.8, 4) is 22.8 Å². The quantitative estimate of drug-likeness (QED) is 0.615. The average molecular weight is 381 g/mol. The van der Waals surface area contributed by atoms with Gasteiger partial charge in [0.25, 0.3) is 5.91 Å². The van der Waals surface area contributed by atoms with Gasteiger partial charge in [0, 0.05) is 11.1 Å². The van der Waals surface area contributed by atoms with Gasteiger partial charge < -0.3 is 14.8 Å². The molecule has 7 heteroatoms. The second-order valence-corrected chi connectivity index (χ2v) is 6.48. The third-order valence-corrected chi connectivity index (χ3v) is 3.79. The van der Waals surface area contributed by atoms with Crippen molar-refractivity contribution in [2.75, 3.05) is 11.9 Å². The number of benzene rings is 2. The summed E-state index contributed by atoms with van der Waals surface area (Å²) in [5.74, 6) is 1.33. The van der Waals surface area contributed by atoms with Crippen LogP contribution in [-0.4, -0.2) is 28.9 Å². The van der Waals surface area contributed by atoms with Gasteiger partial charge in [-0.15, -0.1) is 0 Å². The fourth-order valence-electron chi connectivity index (χ4n) is 2.55. The average Bonchev–Trinajstić information content (AvgIpc) is 3.15. The van der Waals surface area contributed by atoms with Crippen molar-refractivity contribution in [2.45, 2.75) is 33.3 Å². The highest BCUT2D eigenvalue weighted by atomic mass is 16.6. The molecule has 0 bridgehead atoms. The number of carbonyl (C=O) groups is 1. The summed E-state index contributed by atoms with van der Waals surface area (Å²) in [6.07, 6.45) is 0.984. The smallest absolute Gasteiger partial charge is 0.257 e. The lowest BCUT2D eigenvalue weighted by Gasteiger charge is -2.10. The predicted molar refractivity (Wildman–Crippen MR) is 106 cm³/mol. The zero-order valence-corrected chi connectivity index (χ0v) is 16.1. The van der Waals surface area contributed by atoms with Gasteiger partial charge in [-0.1, -0.05) is 13.0 Å². The molecule has 0 spiro atoms. The summed E-state index contributed by atoms with van der Waals surface area (Å²) in [4.78, 5) is 12.6. The highest BCUT2D eigenvalue weighted by Crippen LogP contribution is 2.27. The third kappa shape index (κ3) is 4.88. The van der Waals surface area contributed by atoms with Crippen molar-refractivity contribution in [1.29, 1.82) is 0 Å². The van der Waals surface area contributed by atoms with Gasteiger partial charge in [0.05, 0.1) is 12.7 Å². The zero-order chi connectivity index (χ0) is 19.9. The first-order valence-corrected chi connectivity index (χ1v) is 9.20. The van der Waals surface area contributed by atoms with E-state index in [0.29, 0.717) is 23.6 Å². The van der Waals surface area contributed by atoms with Crippen LogP contribution in [0.5, 0.6) is 11.5 Å². The number of carbonyl (C=O) groups excluding carboxylic acids is 1. The van der Waals surface area contributed by atoms with Crippen LogP contribution in [0.15, 0.2) is 53.2 Å². The fraction of sp³-hybridized carbons (Fsp3) is 0.286. The van der Waals surface area contributed by atoms with E-state index >= 15 is 0 Å². The maximum absolute atomic E-state index is 12.6. The van der Waals surface area contributed by atoms with Crippen LogP contribution in [0, 0.1) is 0 Å². The summed E-state index contributed by atoms with van der Waals surface area (Å²) in [6, 6.07) is 14.3. The Balaban J connectivity index is 1.74. The van der Waals surface area contributed by atoms with Crippen LogP contribution in [0.2, 0.25) is 0 Å². The van der Waals surface area contributed by atoms with E-state index < -0.39 is 0 Å². The lowest BCUT2D eigenvalue weighted by Crippen LogP contribution is -2.13. The molecule has 1 heterocycles. The molecule has 1 amide bonds. The van der Waals surface area contributed by atoms with Crippen molar-refractivity contribution >= 4 is 11.7 Å². The molecule has 1 aromatic heterocycles. The van der Waals surface area contributed by atoms with Gasteiger partial charge in [0.15, 0.2) is 5.69 Å². The lowest BCUT2D eigenvalue weighted by atomic mass is 10.1. The Hall–Kier alpha value is -3.35. The Kier molecular flexibility index (Phi) is 6.26. The molecule has 0 aliphatic heterocycles. The Morgan fingerprint density at radius 1 is 1.11 bits per heavy atom. The molecule has 3 rings (SSSR count). The largest absolute Gasteiger partial charge is 0.494 e. The molecule has 146 valence electrons. The molecular weight excluding hydrogens is 358 g/mol. The topological polar surface area (TPSA) is 86.5 Å². The SMILES string of the molecule is CCCOc1cccc(C(=O)Nc2nonc2-c2ccc(OC(C)C)cc2)c1. The number of amides is 1. The summed E-state index contributed by atoms with van der Waals surface area (Å²) in [6.45, 7) is 6.55. The van der Waals surface area contributed by atoms with Crippen molar-refractivity contribution < 1.29 is 18.9 Å². The van der Waals surface area contributed by atoms with E-state index in [1.54, 1.807) is 18.2 Å². The van der Waals surface area contributed by atoms with Gasteiger partial charge in [0.1, 0.15) is 11.5 Å². The van der Waals surface area contributed by atoms with Crippen molar-refractivity contribution in [1.82, 2.24) is 10.3 Å². The van der Waals surface area contributed by atoms with Crippen LogP contribution in [0.25, 0.3) is 11.3 Å². The van der Waals surface area contributed by atoms with Crippen molar-refractivity contribution in [3.63, 3.8) is 0 Å². The van der Waals surface area contributed by atoms with Gasteiger partial charge in [-0.2, -0.15) is 0 Å². The van der Waals surface area contributed by atoms with Gasteiger partial charge in [-0.05, 0) is 73.0 Å². The van der Waals surface area contributed by atoms with Gasteiger partial charge in [-0.25, -0.2) is 4.63 Å². The second kappa shape index (κ2) is 9.03. The van der Waals surface area contributed by atoms with E-state index in [4.69, 9.17) is 14.1 Å². The first-order valence-electron chi connectivity index (χ1n) is 9.20. The summed E-state index contributed by atoms with van der Waals surface area (Å²) in [5.41, 5.74) is 1.67. The first-order chi connectivity index (χ1) is 13.6. The van der Waals surface area contributed by atoms with Crippen LogP contribution in [0.4, 0.5) is 5.82 Å². The van der Waals surface area contributed by atoms with Crippen LogP contribution in [-0.2, 0) is 0 Å². The summed E-state index contributed by atoms with van der Waals surface area (Å²) >= 11 is 0. The molecule has 0 radical (unpaired) electrons. The highest BCUT2D eigenvalue weighted by Gasteiger charge is 2.16. The van der Waals surface area contributed by atoms with Crippen LogP contribution < -0.4 is 14.8 Å². The van der Waals surface area contributed by atoms with Crippen LogP contribution in [0.3, 0.4) is 0 Å². The standard InChI is InChI=1S/C21H23N3O4/c1-4-12-26-18-7-5-6-16(13-18)21(25)22-20-19(23-28-24-20)15-8-10-17(11-9-15)27-14(2)3/h5-11,13-14H,4,12H2,1-3H3,(H,22,24,25). The molecule has 28 heavy (non-hydrogen) atoms. The third-order valence-electron chi connectivity index (χ3n) is 3.79. The number of hydrogen-bond acceptors (Lipinski definition) is 6.